The molecule has 0 unspecified atom stereocenters. The molecule has 0 aliphatic carbocycles. The van der Waals surface area contributed by atoms with Gasteiger partial charge < -0.3 is 5.73 Å². The minimum atomic E-state index is 0.460. The summed E-state index contributed by atoms with van der Waals surface area (Å²) < 4.78 is 0. The van der Waals surface area contributed by atoms with E-state index in [1.54, 1.807) is 12.4 Å². The van der Waals surface area contributed by atoms with E-state index < -0.39 is 0 Å². The van der Waals surface area contributed by atoms with E-state index in [-0.39, 0.29) is 0 Å². The summed E-state index contributed by atoms with van der Waals surface area (Å²) in [5.74, 6) is 0.649. The first-order valence-electron chi connectivity index (χ1n) is 6.09. The van der Waals surface area contributed by atoms with Crippen molar-refractivity contribution in [1.29, 1.82) is 0 Å². The average molecular weight is 266 g/mol. The Bertz CT molecular complexity index is 430. The van der Waals surface area contributed by atoms with E-state index in [9.17, 15) is 0 Å². The van der Waals surface area contributed by atoms with Crippen molar-refractivity contribution in [3.05, 3.63) is 34.7 Å². The number of nitrogens with zero attached hydrogens (tertiary/aromatic N) is 2. The Morgan fingerprint density at radius 1 is 1.56 bits per heavy atom. The molecule has 0 aromatic carbocycles. The summed E-state index contributed by atoms with van der Waals surface area (Å²) in [7, 11) is 0. The zero-order valence-electron chi connectivity index (χ0n) is 11.2. The highest BCUT2D eigenvalue weighted by atomic mass is 35.5. The SMILES string of the molecule is Cc1ccnc(Cl)c1/C(C=NCCC(C)C)=C/N. The van der Waals surface area contributed by atoms with Gasteiger partial charge in [-0.2, -0.15) is 0 Å². The van der Waals surface area contributed by atoms with E-state index >= 15 is 0 Å². The molecule has 1 aromatic heterocycles. The fraction of sp³-hybridized carbons (Fsp3) is 0.429. The number of nitrogens with two attached hydrogens (primary N) is 1. The van der Waals surface area contributed by atoms with E-state index in [2.05, 4.69) is 23.8 Å². The Hall–Kier alpha value is -1.35. The molecular formula is C14H20ClN3. The third kappa shape index (κ3) is 4.15. The molecule has 0 amide bonds. The number of allylic oxidation sites excluding steroid dienone is 1. The maximum absolute atomic E-state index is 6.10. The van der Waals surface area contributed by atoms with Crippen LogP contribution in [0.3, 0.4) is 0 Å². The van der Waals surface area contributed by atoms with Crippen LogP contribution < -0.4 is 5.73 Å². The summed E-state index contributed by atoms with van der Waals surface area (Å²) in [6.45, 7) is 7.13. The van der Waals surface area contributed by atoms with E-state index in [1.165, 1.54) is 6.20 Å². The van der Waals surface area contributed by atoms with Gasteiger partial charge in [-0.05, 0) is 30.9 Å². The second-order valence-corrected chi connectivity index (χ2v) is 4.99. The molecule has 4 heteroatoms. The number of hydrogen-bond acceptors (Lipinski definition) is 3. The van der Waals surface area contributed by atoms with Crippen molar-refractivity contribution < 1.29 is 0 Å². The summed E-state index contributed by atoms with van der Waals surface area (Å²) >= 11 is 6.10. The molecule has 0 saturated carbocycles. The maximum atomic E-state index is 6.10. The normalized spacial score (nSPS) is 12.6. The lowest BCUT2D eigenvalue weighted by atomic mass is 10.1. The van der Waals surface area contributed by atoms with Gasteiger partial charge in [0.1, 0.15) is 5.15 Å². The molecule has 0 bridgehead atoms. The van der Waals surface area contributed by atoms with Crippen LogP contribution in [0.2, 0.25) is 5.15 Å². The molecule has 1 heterocycles. The van der Waals surface area contributed by atoms with Crippen LogP contribution in [-0.4, -0.2) is 17.7 Å². The summed E-state index contributed by atoms with van der Waals surface area (Å²) in [6, 6.07) is 1.91. The van der Waals surface area contributed by atoms with Crippen molar-refractivity contribution in [2.75, 3.05) is 6.54 Å². The first-order chi connectivity index (χ1) is 8.56. The van der Waals surface area contributed by atoms with Gasteiger partial charge in [0.25, 0.3) is 0 Å². The van der Waals surface area contributed by atoms with Gasteiger partial charge >= 0.3 is 0 Å². The molecule has 0 radical (unpaired) electrons. The van der Waals surface area contributed by atoms with Crippen LogP contribution in [0, 0.1) is 12.8 Å². The third-order valence-corrected chi connectivity index (χ3v) is 2.93. The molecule has 3 nitrogen and oxygen atoms in total. The lowest BCUT2D eigenvalue weighted by Crippen LogP contribution is -1.98. The molecule has 0 atom stereocenters. The van der Waals surface area contributed by atoms with Crippen molar-refractivity contribution in [2.24, 2.45) is 16.6 Å². The minimum Gasteiger partial charge on any atom is -0.404 e. The van der Waals surface area contributed by atoms with E-state index in [4.69, 9.17) is 17.3 Å². The van der Waals surface area contributed by atoms with Gasteiger partial charge in [0, 0.05) is 36.3 Å². The van der Waals surface area contributed by atoms with Gasteiger partial charge in [-0.15, -0.1) is 0 Å². The number of pyridine rings is 1. The highest BCUT2D eigenvalue weighted by Crippen LogP contribution is 2.23. The van der Waals surface area contributed by atoms with Crippen LogP contribution in [-0.2, 0) is 0 Å². The number of halogens is 1. The molecule has 0 aliphatic heterocycles. The summed E-state index contributed by atoms with van der Waals surface area (Å²) in [5.41, 5.74) is 8.36. The Balaban J connectivity index is 2.85. The lowest BCUT2D eigenvalue weighted by Gasteiger charge is -2.07. The van der Waals surface area contributed by atoms with Crippen molar-refractivity contribution in [2.45, 2.75) is 27.2 Å². The third-order valence-electron chi connectivity index (χ3n) is 2.65. The second-order valence-electron chi connectivity index (χ2n) is 4.63. The van der Waals surface area contributed by atoms with Crippen molar-refractivity contribution in [3.63, 3.8) is 0 Å². The van der Waals surface area contributed by atoms with Crippen molar-refractivity contribution in [3.8, 4) is 0 Å². The Morgan fingerprint density at radius 3 is 2.83 bits per heavy atom. The van der Waals surface area contributed by atoms with Crippen molar-refractivity contribution >= 4 is 23.4 Å². The highest BCUT2D eigenvalue weighted by molar-refractivity contribution is 6.32. The summed E-state index contributed by atoms with van der Waals surface area (Å²) in [6.07, 6.45) is 6.05. The van der Waals surface area contributed by atoms with E-state index in [0.717, 1.165) is 29.7 Å². The minimum absolute atomic E-state index is 0.460. The molecule has 98 valence electrons. The van der Waals surface area contributed by atoms with Crippen LogP contribution in [0.1, 0.15) is 31.4 Å². The van der Waals surface area contributed by atoms with Crippen LogP contribution in [0.4, 0.5) is 0 Å². The molecule has 0 aliphatic rings. The average Bonchev–Trinajstić information content (AvgIpc) is 2.31. The zero-order valence-corrected chi connectivity index (χ0v) is 11.9. The van der Waals surface area contributed by atoms with Gasteiger partial charge in [0.05, 0.1) is 0 Å². The lowest BCUT2D eigenvalue weighted by molar-refractivity contribution is 0.598. The molecule has 0 fully saturated rings. The van der Waals surface area contributed by atoms with Crippen molar-refractivity contribution in [1.82, 2.24) is 4.98 Å². The number of aliphatic imine (C=N–C) groups is 1. The predicted molar refractivity (Wildman–Crippen MR) is 79.0 cm³/mol. The quantitative estimate of drug-likeness (QED) is 0.655. The number of rotatable bonds is 5. The van der Waals surface area contributed by atoms with Crippen LogP contribution in [0.25, 0.3) is 5.57 Å². The van der Waals surface area contributed by atoms with Crippen LogP contribution >= 0.6 is 11.6 Å². The van der Waals surface area contributed by atoms with E-state index in [0.29, 0.717) is 11.1 Å². The van der Waals surface area contributed by atoms with Gasteiger partial charge in [0.2, 0.25) is 0 Å². The first kappa shape index (κ1) is 14.7. The Morgan fingerprint density at radius 2 is 2.28 bits per heavy atom. The van der Waals surface area contributed by atoms with Gasteiger partial charge in [-0.1, -0.05) is 25.4 Å². The van der Waals surface area contributed by atoms with Crippen LogP contribution in [0.15, 0.2) is 23.5 Å². The first-order valence-corrected chi connectivity index (χ1v) is 6.47. The second kappa shape index (κ2) is 7.17. The molecule has 18 heavy (non-hydrogen) atoms. The predicted octanol–water partition coefficient (Wildman–Crippen LogP) is 3.46. The van der Waals surface area contributed by atoms with Gasteiger partial charge in [0.15, 0.2) is 0 Å². The largest absolute Gasteiger partial charge is 0.404 e. The zero-order chi connectivity index (χ0) is 13.5. The molecule has 1 aromatic rings. The van der Waals surface area contributed by atoms with E-state index in [1.807, 2.05) is 13.0 Å². The standard InChI is InChI=1S/C14H20ClN3/c1-10(2)4-6-17-9-12(8-16)13-11(3)5-7-18-14(13)15/h5,7-10H,4,6,16H2,1-3H3/b12-8+,17-9?. The topological polar surface area (TPSA) is 51.3 Å². The number of hydrogen-bond donors (Lipinski definition) is 1. The van der Waals surface area contributed by atoms with Gasteiger partial charge in [-0.25, -0.2) is 4.98 Å². The summed E-state index contributed by atoms with van der Waals surface area (Å²) in [4.78, 5) is 8.45. The smallest absolute Gasteiger partial charge is 0.137 e. The Labute approximate surface area is 114 Å². The summed E-state index contributed by atoms with van der Waals surface area (Å²) in [5, 5.41) is 0.460. The van der Waals surface area contributed by atoms with Crippen LogP contribution in [0.5, 0.6) is 0 Å². The number of aryl methyl sites for hydroxylation is 1. The fourth-order valence-corrected chi connectivity index (χ4v) is 1.87. The fourth-order valence-electron chi connectivity index (χ4n) is 1.56. The van der Waals surface area contributed by atoms with Gasteiger partial charge in [-0.3, -0.25) is 4.99 Å². The molecule has 2 N–H and O–H groups in total. The maximum Gasteiger partial charge on any atom is 0.137 e. The highest BCUT2D eigenvalue weighted by Gasteiger charge is 2.08. The monoisotopic (exact) mass is 265 g/mol. The Kier molecular flexibility index (Phi) is 5.86. The molecule has 0 spiro atoms. The number of aromatic nitrogens is 1. The molecule has 0 saturated heterocycles. The molecular weight excluding hydrogens is 246 g/mol. The molecule has 1 rings (SSSR count).